The molecule has 160 valence electrons. The third kappa shape index (κ3) is 8.05. The van der Waals surface area contributed by atoms with Gasteiger partial charge in [0.1, 0.15) is 0 Å². The van der Waals surface area contributed by atoms with Crippen LogP contribution in [0, 0.1) is 17.8 Å². The predicted molar refractivity (Wildman–Crippen MR) is 126 cm³/mol. The number of hydrogen-bond donors (Lipinski definition) is 1. The molecule has 0 amide bonds. The Morgan fingerprint density at radius 3 is 2.33 bits per heavy atom. The normalized spacial score (nSPS) is 25.8. The third-order valence-electron chi connectivity index (χ3n) is 6.19. The number of halogens is 1. The van der Waals surface area contributed by atoms with Gasteiger partial charge in [0, 0.05) is 59.0 Å². The summed E-state index contributed by atoms with van der Waals surface area (Å²) in [6.45, 7) is 15.8. The van der Waals surface area contributed by atoms with Crippen LogP contribution in [0.1, 0.15) is 53.4 Å². The standard InChI is InChI=1S/C21H42N4O.HI/c1-17-13-18(2)15-25(14-17)21(3,4)16-23-20(22-5)24(6)10-7-19-8-11-26-12-9-19;/h17-19H,7-16H2,1-6H3,(H,22,23);1H. The third-order valence-corrected chi connectivity index (χ3v) is 6.19. The van der Waals surface area contributed by atoms with Crippen molar-refractivity contribution in [1.29, 1.82) is 0 Å². The summed E-state index contributed by atoms with van der Waals surface area (Å²) in [5.74, 6) is 3.40. The van der Waals surface area contributed by atoms with Gasteiger partial charge in [-0.05, 0) is 57.3 Å². The highest BCUT2D eigenvalue weighted by atomic mass is 127. The van der Waals surface area contributed by atoms with Crippen LogP contribution < -0.4 is 5.32 Å². The van der Waals surface area contributed by atoms with E-state index in [1.165, 1.54) is 38.8 Å². The van der Waals surface area contributed by atoms with Crippen molar-refractivity contribution in [3.05, 3.63) is 0 Å². The van der Waals surface area contributed by atoms with E-state index >= 15 is 0 Å². The first-order valence-corrected chi connectivity index (χ1v) is 10.6. The maximum Gasteiger partial charge on any atom is 0.193 e. The van der Waals surface area contributed by atoms with Crippen LogP contribution in [0.15, 0.2) is 4.99 Å². The predicted octanol–water partition coefficient (Wildman–Crippen LogP) is 3.68. The summed E-state index contributed by atoms with van der Waals surface area (Å²) in [4.78, 5) is 9.46. The smallest absolute Gasteiger partial charge is 0.193 e. The van der Waals surface area contributed by atoms with Gasteiger partial charge in [-0.2, -0.15) is 0 Å². The molecule has 0 aromatic heterocycles. The number of hydrogen-bond acceptors (Lipinski definition) is 3. The number of likely N-dealkylation sites (tertiary alicyclic amines) is 1. The molecular weight excluding hydrogens is 451 g/mol. The average Bonchev–Trinajstić information content (AvgIpc) is 2.60. The van der Waals surface area contributed by atoms with Gasteiger partial charge in [0.2, 0.25) is 0 Å². The van der Waals surface area contributed by atoms with Crippen LogP contribution >= 0.6 is 24.0 Å². The van der Waals surface area contributed by atoms with E-state index in [2.05, 4.69) is 54.9 Å². The van der Waals surface area contributed by atoms with Gasteiger partial charge in [0.05, 0.1) is 0 Å². The van der Waals surface area contributed by atoms with Crippen LogP contribution in [0.3, 0.4) is 0 Å². The Bertz CT molecular complexity index is 441. The molecule has 2 aliphatic heterocycles. The number of piperidine rings is 1. The maximum atomic E-state index is 5.47. The molecular formula is C21H43IN4O. The first-order valence-electron chi connectivity index (χ1n) is 10.6. The van der Waals surface area contributed by atoms with Crippen molar-refractivity contribution < 1.29 is 4.74 Å². The molecule has 0 aromatic carbocycles. The number of rotatable bonds is 6. The Hall–Kier alpha value is -0.0800. The molecule has 0 spiro atoms. The Balaban J connectivity index is 0.00000364. The SMILES string of the molecule is CN=C(NCC(C)(C)N1CC(C)CC(C)C1)N(C)CCC1CCOCC1.I. The van der Waals surface area contributed by atoms with Crippen LogP contribution in [0.4, 0.5) is 0 Å². The molecule has 2 heterocycles. The highest BCUT2D eigenvalue weighted by Gasteiger charge is 2.32. The van der Waals surface area contributed by atoms with Gasteiger partial charge in [0.15, 0.2) is 5.96 Å². The van der Waals surface area contributed by atoms with Crippen LogP contribution in [0.2, 0.25) is 0 Å². The molecule has 0 aliphatic carbocycles. The van der Waals surface area contributed by atoms with E-state index in [1.54, 1.807) is 0 Å². The minimum absolute atomic E-state index is 0. The molecule has 2 atom stereocenters. The number of ether oxygens (including phenoxy) is 1. The van der Waals surface area contributed by atoms with Crippen molar-refractivity contribution in [1.82, 2.24) is 15.1 Å². The summed E-state index contributed by atoms with van der Waals surface area (Å²) < 4.78 is 5.47. The maximum absolute atomic E-state index is 5.47. The summed E-state index contributed by atoms with van der Waals surface area (Å²) in [6, 6.07) is 0. The lowest BCUT2D eigenvalue weighted by Crippen LogP contribution is -2.57. The zero-order valence-electron chi connectivity index (χ0n) is 18.5. The fourth-order valence-electron chi connectivity index (χ4n) is 4.47. The molecule has 2 unspecified atom stereocenters. The molecule has 1 N–H and O–H groups in total. The van der Waals surface area contributed by atoms with Crippen LogP contribution in [0.25, 0.3) is 0 Å². The van der Waals surface area contributed by atoms with E-state index < -0.39 is 0 Å². The summed E-state index contributed by atoms with van der Waals surface area (Å²) >= 11 is 0. The molecule has 0 aromatic rings. The Morgan fingerprint density at radius 1 is 1.19 bits per heavy atom. The van der Waals surface area contributed by atoms with E-state index in [1.807, 2.05) is 7.05 Å². The highest BCUT2D eigenvalue weighted by Crippen LogP contribution is 2.27. The highest BCUT2D eigenvalue weighted by molar-refractivity contribution is 14.0. The monoisotopic (exact) mass is 494 g/mol. The Morgan fingerprint density at radius 2 is 1.78 bits per heavy atom. The van der Waals surface area contributed by atoms with Crippen molar-refractivity contribution in [3.63, 3.8) is 0 Å². The van der Waals surface area contributed by atoms with E-state index in [-0.39, 0.29) is 29.5 Å². The average molecular weight is 495 g/mol. The number of guanidine groups is 1. The lowest BCUT2D eigenvalue weighted by atomic mass is 9.88. The van der Waals surface area contributed by atoms with E-state index in [0.717, 1.165) is 50.0 Å². The Kier molecular flexibility index (Phi) is 10.9. The number of nitrogens with one attached hydrogen (secondary N) is 1. The van der Waals surface area contributed by atoms with Crippen LogP contribution in [-0.2, 0) is 4.74 Å². The molecule has 0 saturated carbocycles. The fraction of sp³-hybridized carbons (Fsp3) is 0.952. The van der Waals surface area contributed by atoms with Crippen LogP contribution in [-0.4, -0.2) is 74.8 Å². The van der Waals surface area contributed by atoms with Gasteiger partial charge in [-0.1, -0.05) is 13.8 Å². The molecule has 5 nitrogen and oxygen atoms in total. The van der Waals surface area contributed by atoms with Gasteiger partial charge in [-0.15, -0.1) is 24.0 Å². The molecule has 0 radical (unpaired) electrons. The summed E-state index contributed by atoms with van der Waals surface area (Å²) in [5.41, 5.74) is 0.139. The van der Waals surface area contributed by atoms with Crippen molar-refractivity contribution in [2.75, 3.05) is 53.5 Å². The summed E-state index contributed by atoms with van der Waals surface area (Å²) in [7, 11) is 4.05. The zero-order valence-corrected chi connectivity index (χ0v) is 20.8. The number of nitrogens with zero attached hydrogens (tertiary/aromatic N) is 3. The second-order valence-electron chi connectivity index (χ2n) is 9.33. The quantitative estimate of drug-likeness (QED) is 0.348. The molecule has 6 heteroatoms. The topological polar surface area (TPSA) is 40.1 Å². The van der Waals surface area contributed by atoms with Crippen LogP contribution in [0.5, 0.6) is 0 Å². The van der Waals surface area contributed by atoms with Crippen molar-refractivity contribution in [2.45, 2.75) is 58.9 Å². The molecule has 27 heavy (non-hydrogen) atoms. The minimum atomic E-state index is 0. The lowest BCUT2D eigenvalue weighted by molar-refractivity contribution is 0.0479. The zero-order chi connectivity index (χ0) is 19.2. The molecule has 2 rings (SSSR count). The molecule has 2 aliphatic rings. The fourth-order valence-corrected chi connectivity index (χ4v) is 4.47. The van der Waals surface area contributed by atoms with Crippen molar-refractivity contribution in [3.8, 4) is 0 Å². The van der Waals surface area contributed by atoms with Crippen molar-refractivity contribution >= 4 is 29.9 Å². The summed E-state index contributed by atoms with van der Waals surface area (Å²) in [5, 5.41) is 3.63. The molecule has 2 fully saturated rings. The lowest BCUT2D eigenvalue weighted by Gasteiger charge is -2.45. The van der Waals surface area contributed by atoms with E-state index in [9.17, 15) is 0 Å². The van der Waals surface area contributed by atoms with Gasteiger partial charge < -0.3 is 15.0 Å². The first-order chi connectivity index (χ1) is 12.3. The molecule has 0 bridgehead atoms. The van der Waals surface area contributed by atoms with E-state index in [0.29, 0.717) is 0 Å². The Labute approximate surface area is 184 Å². The van der Waals surface area contributed by atoms with Gasteiger partial charge in [-0.25, -0.2) is 0 Å². The molecule has 2 saturated heterocycles. The van der Waals surface area contributed by atoms with Crippen molar-refractivity contribution in [2.24, 2.45) is 22.7 Å². The first kappa shape index (κ1) is 25.0. The largest absolute Gasteiger partial charge is 0.381 e. The second-order valence-corrected chi connectivity index (χ2v) is 9.33. The number of aliphatic imine (C=N–C) groups is 1. The summed E-state index contributed by atoms with van der Waals surface area (Å²) in [6.07, 6.45) is 5.00. The van der Waals surface area contributed by atoms with Gasteiger partial charge in [-0.3, -0.25) is 9.89 Å². The van der Waals surface area contributed by atoms with Gasteiger partial charge in [0.25, 0.3) is 0 Å². The second kappa shape index (κ2) is 11.8. The van der Waals surface area contributed by atoms with Gasteiger partial charge >= 0.3 is 0 Å². The van der Waals surface area contributed by atoms with E-state index in [4.69, 9.17) is 4.74 Å². The minimum Gasteiger partial charge on any atom is -0.381 e.